The molecular formula is C6H7BaNO6. The summed E-state index contributed by atoms with van der Waals surface area (Å²) in [5.41, 5.74) is 0. The Morgan fingerprint density at radius 3 is 1.57 bits per heavy atom. The predicted molar refractivity (Wildman–Crippen MR) is 39.8 cm³/mol. The van der Waals surface area contributed by atoms with E-state index in [0.717, 1.165) is 0 Å². The number of carboxylic acid groups (broad SMARTS) is 3. The minimum atomic E-state index is -1.54. The molecule has 8 heteroatoms. The molecule has 74 valence electrons. The number of carbonyl (C=O) groups is 3. The van der Waals surface area contributed by atoms with E-state index in [4.69, 9.17) is 5.11 Å². The zero-order chi connectivity index (χ0) is 10.4. The molecule has 0 radical (unpaired) electrons. The van der Waals surface area contributed by atoms with Crippen LogP contribution in [0, 0.1) is 0 Å². The van der Waals surface area contributed by atoms with Gasteiger partial charge in [0.2, 0.25) is 0 Å². The van der Waals surface area contributed by atoms with E-state index in [9.17, 15) is 24.6 Å². The topological polar surface area (TPSA) is 121 Å². The first-order valence-electron chi connectivity index (χ1n) is 3.25. The third-order valence-electron chi connectivity index (χ3n) is 1.06. The molecule has 0 bridgehead atoms. The zero-order valence-corrected chi connectivity index (χ0v) is 11.7. The second-order valence-corrected chi connectivity index (χ2v) is 2.28. The van der Waals surface area contributed by atoms with Crippen LogP contribution in [0.15, 0.2) is 0 Å². The van der Waals surface area contributed by atoms with Crippen LogP contribution in [-0.4, -0.2) is 96.4 Å². The average Bonchev–Trinajstić information content (AvgIpc) is 1.80. The molecule has 0 spiro atoms. The van der Waals surface area contributed by atoms with Crippen LogP contribution in [0.2, 0.25) is 0 Å². The van der Waals surface area contributed by atoms with Crippen molar-refractivity contribution in [1.82, 2.24) is 4.90 Å². The summed E-state index contributed by atoms with van der Waals surface area (Å²) in [5, 5.41) is 28.3. The second-order valence-electron chi connectivity index (χ2n) is 2.28. The van der Waals surface area contributed by atoms with E-state index in [1.165, 1.54) is 0 Å². The molecule has 0 aliphatic carbocycles. The van der Waals surface area contributed by atoms with E-state index < -0.39 is 37.5 Å². The third kappa shape index (κ3) is 10.0. The first-order valence-corrected chi connectivity index (χ1v) is 3.25. The molecule has 14 heavy (non-hydrogen) atoms. The van der Waals surface area contributed by atoms with E-state index in [1.807, 2.05) is 0 Å². The van der Waals surface area contributed by atoms with Crippen molar-refractivity contribution < 1.29 is 29.7 Å². The average molecular weight is 326 g/mol. The van der Waals surface area contributed by atoms with Crippen molar-refractivity contribution in [1.29, 1.82) is 0 Å². The SMILES string of the molecule is O=C([O-])CN(CC(=O)[O-])CC(=O)O.[Ba+2]. The van der Waals surface area contributed by atoms with E-state index in [1.54, 1.807) is 0 Å². The van der Waals surface area contributed by atoms with Gasteiger partial charge in [-0.25, -0.2) is 0 Å². The number of aliphatic carboxylic acids is 3. The summed E-state index contributed by atoms with van der Waals surface area (Å²) in [5.74, 6) is -4.40. The molecule has 7 nitrogen and oxygen atoms in total. The molecule has 0 amide bonds. The van der Waals surface area contributed by atoms with Gasteiger partial charge in [0.25, 0.3) is 0 Å². The quantitative estimate of drug-likeness (QED) is 0.488. The monoisotopic (exact) mass is 327 g/mol. The Bertz CT molecular complexity index is 192. The van der Waals surface area contributed by atoms with Gasteiger partial charge < -0.3 is 24.9 Å². The Balaban J connectivity index is 0. The van der Waals surface area contributed by atoms with Crippen molar-refractivity contribution in [2.45, 2.75) is 0 Å². The third-order valence-corrected chi connectivity index (χ3v) is 1.06. The fourth-order valence-corrected chi connectivity index (χ4v) is 0.724. The van der Waals surface area contributed by atoms with Crippen molar-refractivity contribution >= 4 is 66.8 Å². The number of hydrogen-bond acceptors (Lipinski definition) is 6. The standard InChI is InChI=1S/C6H9NO6.Ba/c8-4(9)1-7(2-5(10)11)3-6(12)13;/h1-3H2,(H,8,9)(H,10,11)(H,12,13);/q;+2/p-2. The molecule has 0 aliphatic heterocycles. The van der Waals surface area contributed by atoms with Gasteiger partial charge in [0.05, 0.1) is 18.5 Å². The van der Waals surface area contributed by atoms with E-state index >= 15 is 0 Å². The Morgan fingerprint density at radius 2 is 1.36 bits per heavy atom. The number of carbonyl (C=O) groups excluding carboxylic acids is 2. The molecule has 0 rings (SSSR count). The molecule has 0 atom stereocenters. The maximum Gasteiger partial charge on any atom is 2.00 e. The summed E-state index contributed by atoms with van der Waals surface area (Å²) in [4.78, 5) is 30.8. The van der Waals surface area contributed by atoms with Gasteiger partial charge in [-0.3, -0.25) is 9.69 Å². The van der Waals surface area contributed by atoms with Crippen molar-refractivity contribution in [2.24, 2.45) is 0 Å². The van der Waals surface area contributed by atoms with Crippen molar-refractivity contribution in [2.75, 3.05) is 19.6 Å². The Kier molecular flexibility index (Phi) is 9.67. The number of carboxylic acids is 3. The van der Waals surface area contributed by atoms with Crippen molar-refractivity contribution in [3.63, 3.8) is 0 Å². The van der Waals surface area contributed by atoms with Crippen LogP contribution in [0.4, 0.5) is 0 Å². The first-order chi connectivity index (χ1) is 5.91. The molecule has 0 heterocycles. The molecule has 0 aromatic rings. The molecule has 0 unspecified atom stereocenters. The summed E-state index contributed by atoms with van der Waals surface area (Å²) in [6.45, 7) is -2.18. The molecule has 0 aromatic heterocycles. The normalized spacial score (nSPS) is 9.21. The van der Waals surface area contributed by atoms with Crippen LogP contribution in [0.3, 0.4) is 0 Å². The number of hydrogen-bond donors (Lipinski definition) is 1. The van der Waals surface area contributed by atoms with Crippen molar-refractivity contribution in [3.05, 3.63) is 0 Å². The molecular weight excluding hydrogens is 319 g/mol. The molecule has 0 aromatic carbocycles. The molecule has 0 saturated heterocycles. The molecule has 0 fully saturated rings. The number of rotatable bonds is 6. The smallest absolute Gasteiger partial charge is 0.549 e. The summed E-state index contributed by atoms with van der Waals surface area (Å²) in [6.07, 6.45) is 0. The zero-order valence-electron chi connectivity index (χ0n) is 7.26. The van der Waals surface area contributed by atoms with Gasteiger partial charge in [-0.15, -0.1) is 0 Å². The van der Waals surface area contributed by atoms with Gasteiger partial charge in [-0.05, 0) is 0 Å². The maximum atomic E-state index is 10.1. The maximum absolute atomic E-state index is 10.1. The van der Waals surface area contributed by atoms with E-state index in [0.29, 0.717) is 4.90 Å². The molecule has 1 N–H and O–H groups in total. The van der Waals surface area contributed by atoms with Gasteiger partial charge in [0, 0.05) is 13.1 Å². The summed E-state index contributed by atoms with van der Waals surface area (Å²) in [7, 11) is 0. The summed E-state index contributed by atoms with van der Waals surface area (Å²) < 4.78 is 0. The summed E-state index contributed by atoms with van der Waals surface area (Å²) >= 11 is 0. The predicted octanol–water partition coefficient (Wildman–Crippen LogP) is -4.51. The van der Waals surface area contributed by atoms with Crippen LogP contribution < -0.4 is 10.2 Å². The minimum absolute atomic E-state index is 0. The Labute approximate surface area is 120 Å². The fraction of sp³-hybridized carbons (Fsp3) is 0.500. The van der Waals surface area contributed by atoms with Gasteiger partial charge in [-0.1, -0.05) is 0 Å². The second kappa shape index (κ2) is 8.27. The Hall–Kier alpha value is -0.0586. The first kappa shape index (κ1) is 16.4. The van der Waals surface area contributed by atoms with Gasteiger partial charge in [0.1, 0.15) is 0 Å². The fourth-order valence-electron chi connectivity index (χ4n) is 0.724. The van der Waals surface area contributed by atoms with Crippen LogP contribution in [-0.2, 0) is 14.4 Å². The van der Waals surface area contributed by atoms with E-state index in [2.05, 4.69) is 0 Å². The minimum Gasteiger partial charge on any atom is -0.549 e. The van der Waals surface area contributed by atoms with Crippen molar-refractivity contribution in [3.8, 4) is 0 Å². The van der Waals surface area contributed by atoms with Crippen LogP contribution in [0.25, 0.3) is 0 Å². The van der Waals surface area contributed by atoms with Gasteiger partial charge in [0.15, 0.2) is 0 Å². The van der Waals surface area contributed by atoms with Gasteiger partial charge >= 0.3 is 54.9 Å². The van der Waals surface area contributed by atoms with Crippen LogP contribution in [0.5, 0.6) is 0 Å². The van der Waals surface area contributed by atoms with Crippen LogP contribution in [0.1, 0.15) is 0 Å². The van der Waals surface area contributed by atoms with Gasteiger partial charge in [-0.2, -0.15) is 0 Å². The molecule has 0 aliphatic rings. The van der Waals surface area contributed by atoms with E-state index in [-0.39, 0.29) is 48.9 Å². The number of nitrogens with zero attached hydrogens (tertiary/aromatic N) is 1. The Morgan fingerprint density at radius 1 is 1.00 bits per heavy atom. The van der Waals surface area contributed by atoms with Crippen LogP contribution >= 0.6 is 0 Å². The largest absolute Gasteiger partial charge is 2.00 e. The summed E-state index contributed by atoms with van der Waals surface area (Å²) in [6, 6.07) is 0. The molecule has 0 saturated carbocycles.